The van der Waals surface area contributed by atoms with Crippen LogP contribution in [0.2, 0.25) is 0 Å². The molecule has 0 saturated carbocycles. The number of quaternary nitrogens is 1. The van der Waals surface area contributed by atoms with Crippen LogP contribution >= 0.6 is 7.82 Å². The van der Waals surface area contributed by atoms with Gasteiger partial charge in [-0.15, -0.1) is 0 Å². The fourth-order valence-corrected chi connectivity index (χ4v) is 10.4. The number of carbonyl (C=O) groups excluding carboxylic acids is 2. The summed E-state index contributed by atoms with van der Waals surface area (Å²) in [6, 6.07) is -0.861. The maximum Gasteiger partial charge on any atom is 0.472 e. The summed E-state index contributed by atoms with van der Waals surface area (Å²) in [4.78, 5) is 37.9. The Morgan fingerprint density at radius 2 is 0.762 bits per heavy atom. The zero-order valence-electron chi connectivity index (χ0n) is 55.4. The number of likely N-dealkylation sites (N-methyl/N-ethyl adjacent to an activating group) is 1. The third-order valence-corrected chi connectivity index (χ3v) is 15.9. The van der Waals surface area contributed by atoms with Crippen molar-refractivity contribution in [2.75, 3.05) is 40.9 Å². The van der Waals surface area contributed by atoms with E-state index in [-0.39, 0.29) is 31.5 Å². The normalized spacial score (nSPS) is 14.2. The van der Waals surface area contributed by atoms with Crippen molar-refractivity contribution in [1.82, 2.24) is 5.32 Å². The van der Waals surface area contributed by atoms with Crippen LogP contribution in [-0.4, -0.2) is 74.3 Å². The monoisotopic (exact) mass is 1190 g/mol. The number of hydrogen-bond acceptors (Lipinski definition) is 6. The first-order valence-corrected chi connectivity index (χ1v) is 36.2. The van der Waals surface area contributed by atoms with Crippen LogP contribution < -0.4 is 5.32 Å². The van der Waals surface area contributed by atoms with Crippen molar-refractivity contribution >= 4 is 19.7 Å². The van der Waals surface area contributed by atoms with Crippen molar-refractivity contribution in [2.45, 2.75) is 309 Å². The Balaban J connectivity index is 5.12. The number of allylic oxidation sites excluding steroid dienone is 17. The number of nitrogens with one attached hydrogen (secondary N) is 1. The minimum Gasteiger partial charge on any atom is -0.456 e. The zero-order chi connectivity index (χ0) is 61.4. The van der Waals surface area contributed by atoms with E-state index in [0.717, 1.165) is 128 Å². The Kier molecular flexibility index (Phi) is 60.2. The molecule has 2 N–H and O–H groups in total. The van der Waals surface area contributed by atoms with Crippen molar-refractivity contribution in [3.05, 3.63) is 109 Å². The smallest absolute Gasteiger partial charge is 0.456 e. The number of carbonyl (C=O) groups is 2. The molecule has 3 atom stereocenters. The molecule has 0 aliphatic heterocycles. The number of unbranched alkanes of at least 4 members (excludes halogenated alkanes) is 30. The summed E-state index contributed by atoms with van der Waals surface area (Å²) in [5, 5.41) is 3.06. The van der Waals surface area contributed by atoms with E-state index in [9.17, 15) is 19.0 Å². The van der Waals surface area contributed by atoms with Crippen LogP contribution in [-0.2, 0) is 27.9 Å². The summed E-state index contributed by atoms with van der Waals surface area (Å²) in [5.74, 6) is -0.519. The molecular weight excluding hydrogens is 1060 g/mol. The summed E-state index contributed by atoms with van der Waals surface area (Å²) >= 11 is 0. The van der Waals surface area contributed by atoms with E-state index < -0.39 is 20.0 Å². The quantitative estimate of drug-likeness (QED) is 0.0205. The largest absolute Gasteiger partial charge is 0.472 e. The van der Waals surface area contributed by atoms with Gasteiger partial charge >= 0.3 is 13.8 Å². The summed E-state index contributed by atoms with van der Waals surface area (Å²) in [5.41, 5.74) is 0. The summed E-state index contributed by atoms with van der Waals surface area (Å²) in [6.07, 6.45) is 86.6. The summed E-state index contributed by atoms with van der Waals surface area (Å²) in [7, 11) is 1.48. The minimum absolute atomic E-state index is 0.0334. The lowest BCUT2D eigenvalue weighted by atomic mass is 10.0. The molecule has 0 aliphatic rings. The minimum atomic E-state index is -4.46. The highest BCUT2D eigenvalue weighted by atomic mass is 31.2. The molecule has 0 saturated heterocycles. The zero-order valence-corrected chi connectivity index (χ0v) is 56.3. The molecule has 0 aromatic carbocycles. The fraction of sp³-hybridized carbons (Fsp3) is 0.730. The van der Waals surface area contributed by atoms with E-state index in [1.54, 1.807) is 0 Å². The molecule has 0 rings (SSSR count). The Hall–Kier alpha value is -3.33. The number of ether oxygens (including phenoxy) is 1. The van der Waals surface area contributed by atoms with Crippen molar-refractivity contribution in [3.63, 3.8) is 0 Å². The van der Waals surface area contributed by atoms with Gasteiger partial charge in [-0.05, 0) is 115 Å². The van der Waals surface area contributed by atoms with Gasteiger partial charge in [-0.2, -0.15) is 0 Å². The third kappa shape index (κ3) is 63.2. The Morgan fingerprint density at radius 3 is 1.17 bits per heavy atom. The lowest BCUT2D eigenvalue weighted by Gasteiger charge is -2.27. The first-order chi connectivity index (χ1) is 40.9. The maximum atomic E-state index is 13.6. The SMILES string of the molecule is CC/C=C\C/C=C\C/C=C\C/C=C\C/C=C\C/C=C\CCCCCCCCCCC(=O)OC(/C=C\CCCCCCCCCCCC)C(COP(=O)(O)OCC[N+](C)(C)C)NC(=O)CCCCCCCCCCC/C=C\C/C=C\CCCCC. The highest BCUT2D eigenvalue weighted by Gasteiger charge is 2.30. The van der Waals surface area contributed by atoms with E-state index in [0.29, 0.717) is 17.4 Å². The Bertz CT molecular complexity index is 1810. The number of phosphoric acid groups is 1. The van der Waals surface area contributed by atoms with Gasteiger partial charge in [0.15, 0.2) is 0 Å². The molecule has 0 aromatic rings. The van der Waals surface area contributed by atoms with Crippen LogP contribution in [0.3, 0.4) is 0 Å². The number of rotatable bonds is 62. The molecule has 9 nitrogen and oxygen atoms in total. The van der Waals surface area contributed by atoms with Crippen LogP contribution in [0.25, 0.3) is 0 Å². The molecule has 1 amide bonds. The second-order valence-electron chi connectivity index (χ2n) is 24.3. The van der Waals surface area contributed by atoms with E-state index in [4.69, 9.17) is 13.8 Å². The molecule has 3 unspecified atom stereocenters. The summed E-state index contributed by atoms with van der Waals surface area (Å²) in [6.45, 7) is 6.88. The van der Waals surface area contributed by atoms with Crippen LogP contribution in [0, 0.1) is 0 Å². The first kappa shape index (κ1) is 80.7. The standard InChI is InChI=1S/C74H131N2O7P/c1-7-10-13-16-19-22-25-28-30-32-34-35-36-37-38-39-40-41-43-45-47-49-52-55-58-61-64-67-74(78)83-72(65-62-59-56-53-50-27-24-21-18-15-12-9-3)71(70-82-84(79,80)81-69-68-76(4,5)6)75-73(77)66-63-60-57-54-51-48-46-44-42-33-31-29-26-23-20-17-14-11-8-2/h10,13,19-20,22-23,28-31,34-35,37-38,40-41,62,65,71-72H,7-9,11-12,14-18,21,24-27,32-33,36,39,42-61,63-64,66-70H2,1-6H3,(H-,75,77,79,80)/p+1/b13-10-,22-19-,23-20-,30-28-,31-29-,35-34-,38-37-,41-40-,65-62-. The molecule has 10 heteroatoms. The molecule has 84 heavy (non-hydrogen) atoms. The van der Waals surface area contributed by atoms with Crippen molar-refractivity contribution in [1.29, 1.82) is 0 Å². The van der Waals surface area contributed by atoms with Gasteiger partial charge in [0.2, 0.25) is 5.91 Å². The van der Waals surface area contributed by atoms with Gasteiger partial charge in [0.05, 0.1) is 33.8 Å². The van der Waals surface area contributed by atoms with Crippen molar-refractivity contribution in [2.24, 2.45) is 0 Å². The topological polar surface area (TPSA) is 111 Å². The molecule has 0 spiro atoms. The molecule has 484 valence electrons. The first-order valence-electron chi connectivity index (χ1n) is 34.7. The maximum absolute atomic E-state index is 13.6. The molecule has 0 fully saturated rings. The molecule has 0 aliphatic carbocycles. The van der Waals surface area contributed by atoms with Crippen LogP contribution in [0.4, 0.5) is 0 Å². The lowest BCUT2D eigenvalue weighted by molar-refractivity contribution is -0.870. The molecule has 0 aromatic heterocycles. The van der Waals surface area contributed by atoms with Crippen LogP contribution in [0.5, 0.6) is 0 Å². The second-order valence-corrected chi connectivity index (χ2v) is 25.8. The average Bonchev–Trinajstić information content (AvgIpc) is 3.65. The molecule has 0 bridgehead atoms. The second kappa shape index (κ2) is 62.7. The van der Waals surface area contributed by atoms with E-state index in [2.05, 4.69) is 123 Å². The van der Waals surface area contributed by atoms with Crippen LogP contribution in [0.15, 0.2) is 109 Å². The van der Waals surface area contributed by atoms with Crippen molar-refractivity contribution < 1.29 is 37.3 Å². The van der Waals surface area contributed by atoms with Gasteiger partial charge in [-0.25, -0.2) is 4.57 Å². The van der Waals surface area contributed by atoms with Crippen LogP contribution in [0.1, 0.15) is 297 Å². The predicted molar refractivity (Wildman–Crippen MR) is 364 cm³/mol. The van der Waals surface area contributed by atoms with E-state index in [1.165, 1.54) is 135 Å². The third-order valence-electron chi connectivity index (χ3n) is 14.9. The molecule has 0 radical (unpaired) electrons. The van der Waals surface area contributed by atoms with Gasteiger partial charge < -0.3 is 19.4 Å². The van der Waals surface area contributed by atoms with Gasteiger partial charge in [0.25, 0.3) is 0 Å². The number of phosphoric ester groups is 1. The van der Waals surface area contributed by atoms with E-state index in [1.807, 2.05) is 33.3 Å². The fourth-order valence-electron chi connectivity index (χ4n) is 9.62. The number of esters is 1. The number of hydrogen-bond donors (Lipinski definition) is 2. The van der Waals surface area contributed by atoms with Gasteiger partial charge in [-0.3, -0.25) is 18.6 Å². The molecule has 0 heterocycles. The van der Waals surface area contributed by atoms with E-state index >= 15 is 0 Å². The lowest BCUT2D eigenvalue weighted by Crippen LogP contribution is -2.47. The predicted octanol–water partition coefficient (Wildman–Crippen LogP) is 22.1. The van der Waals surface area contributed by atoms with Gasteiger partial charge in [0, 0.05) is 12.8 Å². The average molecular weight is 1190 g/mol. The number of nitrogens with zero attached hydrogens (tertiary/aromatic N) is 1. The summed E-state index contributed by atoms with van der Waals surface area (Å²) < 4.78 is 30.8. The van der Waals surface area contributed by atoms with Gasteiger partial charge in [0.1, 0.15) is 19.3 Å². The highest BCUT2D eigenvalue weighted by Crippen LogP contribution is 2.43. The Labute approximate surface area is 519 Å². The molecular formula is C74H132N2O7P+. The number of amides is 1. The van der Waals surface area contributed by atoms with Crippen molar-refractivity contribution in [3.8, 4) is 0 Å². The highest BCUT2D eigenvalue weighted by molar-refractivity contribution is 7.47. The van der Waals surface area contributed by atoms with Gasteiger partial charge in [-0.1, -0.05) is 278 Å². The Morgan fingerprint density at radius 1 is 0.429 bits per heavy atom.